The number of carbonyl (C=O) groups is 2. The first-order chi connectivity index (χ1) is 13.8. The van der Waals surface area contributed by atoms with Crippen LogP contribution in [-0.2, 0) is 9.59 Å². The highest BCUT2D eigenvalue weighted by Crippen LogP contribution is 2.38. The lowest BCUT2D eigenvalue weighted by Gasteiger charge is -2.12. The maximum atomic E-state index is 13.5. The fraction of sp³-hybridized carbons (Fsp3) is 0.0909. The van der Waals surface area contributed by atoms with Crippen LogP contribution in [0.5, 0.6) is 0 Å². The summed E-state index contributed by atoms with van der Waals surface area (Å²) in [6.07, 6.45) is 0. The summed E-state index contributed by atoms with van der Waals surface area (Å²) in [6.45, 7) is 3.74. The number of nitrogens with one attached hydrogen (secondary N) is 3. The predicted octanol–water partition coefficient (Wildman–Crippen LogP) is 4.93. The van der Waals surface area contributed by atoms with Crippen LogP contribution in [0, 0.1) is 19.7 Å². The highest BCUT2D eigenvalue weighted by Gasteiger charge is 2.32. The lowest BCUT2D eigenvalue weighted by atomic mass is 9.96. The van der Waals surface area contributed by atoms with Crippen LogP contribution < -0.4 is 10.6 Å². The minimum atomic E-state index is -0.580. The number of aromatic amines is 1. The van der Waals surface area contributed by atoms with Gasteiger partial charge in [0.25, 0.3) is 11.8 Å². The lowest BCUT2D eigenvalue weighted by molar-refractivity contribution is -0.112. The van der Waals surface area contributed by atoms with Crippen molar-refractivity contribution in [1.29, 1.82) is 0 Å². The van der Waals surface area contributed by atoms with Crippen molar-refractivity contribution in [3.8, 4) is 0 Å². The molecule has 0 saturated heterocycles. The summed E-state index contributed by atoms with van der Waals surface area (Å²) < 4.78 is 13.5. The summed E-state index contributed by atoms with van der Waals surface area (Å²) in [5.74, 6) is -1.44. The molecule has 0 bridgehead atoms. The molecule has 1 aromatic heterocycles. The Morgan fingerprint density at radius 3 is 2.55 bits per heavy atom. The van der Waals surface area contributed by atoms with Gasteiger partial charge < -0.3 is 15.6 Å². The van der Waals surface area contributed by atoms with Gasteiger partial charge in [-0.15, -0.1) is 0 Å². The first-order valence-electron chi connectivity index (χ1n) is 8.93. The number of rotatable bonds is 3. The number of halogens is 2. The number of amides is 2. The zero-order valence-electron chi connectivity index (χ0n) is 15.7. The highest BCUT2D eigenvalue weighted by molar-refractivity contribution is 6.46. The summed E-state index contributed by atoms with van der Waals surface area (Å²) in [6, 6.07) is 13.0. The van der Waals surface area contributed by atoms with Crippen LogP contribution in [0.1, 0.15) is 22.5 Å². The van der Waals surface area contributed by atoms with Crippen LogP contribution in [0.3, 0.4) is 0 Å². The first kappa shape index (κ1) is 19.0. The smallest absolute Gasteiger partial charge is 0.258 e. The van der Waals surface area contributed by atoms with Gasteiger partial charge in [-0.25, -0.2) is 4.39 Å². The molecule has 146 valence electrons. The number of hydrogen-bond donors (Lipinski definition) is 3. The molecule has 3 N–H and O–H groups in total. The molecule has 0 unspecified atom stereocenters. The summed E-state index contributed by atoms with van der Waals surface area (Å²) >= 11 is 5.83. The number of para-hydroxylation sites is 1. The van der Waals surface area contributed by atoms with Gasteiger partial charge in [0, 0.05) is 22.6 Å². The first-order valence-corrected chi connectivity index (χ1v) is 9.31. The Labute approximate surface area is 171 Å². The van der Waals surface area contributed by atoms with Crippen molar-refractivity contribution in [3.63, 3.8) is 0 Å². The number of carbonyl (C=O) groups excluding carboxylic acids is 2. The van der Waals surface area contributed by atoms with Gasteiger partial charge in [0.1, 0.15) is 5.82 Å². The van der Waals surface area contributed by atoms with E-state index in [-0.39, 0.29) is 22.1 Å². The molecule has 0 spiro atoms. The van der Waals surface area contributed by atoms with Crippen molar-refractivity contribution in [2.45, 2.75) is 13.8 Å². The molecular weight excluding hydrogens is 393 g/mol. The van der Waals surface area contributed by atoms with Crippen LogP contribution in [0.4, 0.5) is 15.8 Å². The van der Waals surface area contributed by atoms with Crippen molar-refractivity contribution in [2.24, 2.45) is 0 Å². The van der Waals surface area contributed by atoms with Gasteiger partial charge in [0.05, 0.1) is 21.9 Å². The molecule has 0 atom stereocenters. The number of aromatic nitrogens is 1. The maximum absolute atomic E-state index is 13.5. The molecule has 2 heterocycles. The zero-order valence-corrected chi connectivity index (χ0v) is 16.4. The van der Waals surface area contributed by atoms with Gasteiger partial charge >= 0.3 is 0 Å². The summed E-state index contributed by atoms with van der Waals surface area (Å²) in [5, 5.41) is 5.42. The fourth-order valence-corrected chi connectivity index (χ4v) is 3.65. The van der Waals surface area contributed by atoms with E-state index in [1.54, 1.807) is 18.2 Å². The molecule has 1 aliphatic heterocycles. The topological polar surface area (TPSA) is 74.0 Å². The van der Waals surface area contributed by atoms with E-state index in [0.29, 0.717) is 22.6 Å². The summed E-state index contributed by atoms with van der Waals surface area (Å²) in [5.41, 5.74) is 4.33. The fourth-order valence-electron chi connectivity index (χ4n) is 3.47. The van der Waals surface area contributed by atoms with Crippen molar-refractivity contribution < 1.29 is 14.0 Å². The number of aryl methyl sites for hydroxylation is 2. The maximum Gasteiger partial charge on any atom is 0.258 e. The molecule has 0 saturated carbocycles. The number of anilines is 2. The van der Waals surface area contributed by atoms with E-state index in [1.165, 1.54) is 18.2 Å². The molecular formula is C22H17ClFN3O2. The molecule has 0 aliphatic carbocycles. The molecule has 29 heavy (non-hydrogen) atoms. The number of benzene rings is 2. The van der Waals surface area contributed by atoms with Gasteiger partial charge in [0.15, 0.2) is 0 Å². The van der Waals surface area contributed by atoms with Gasteiger partial charge in [-0.3, -0.25) is 9.59 Å². The Balaban J connectivity index is 1.88. The number of fused-ring (bicyclic) bond motifs is 1. The van der Waals surface area contributed by atoms with E-state index in [9.17, 15) is 14.0 Å². The van der Waals surface area contributed by atoms with Crippen LogP contribution in [0.2, 0.25) is 5.02 Å². The number of H-pyrrole nitrogens is 1. The van der Waals surface area contributed by atoms with Gasteiger partial charge in [-0.05, 0) is 49.7 Å². The lowest BCUT2D eigenvalue weighted by Crippen LogP contribution is -2.18. The average molecular weight is 410 g/mol. The van der Waals surface area contributed by atoms with E-state index >= 15 is 0 Å². The second-order valence-electron chi connectivity index (χ2n) is 6.84. The molecule has 1 aliphatic rings. The van der Waals surface area contributed by atoms with E-state index < -0.39 is 11.7 Å². The normalized spacial score (nSPS) is 14.4. The van der Waals surface area contributed by atoms with Crippen LogP contribution in [0.15, 0.2) is 48.5 Å². The SMILES string of the molecule is Cc1cc(C)c(C(C(=O)Nc2ccc(F)c(Cl)c2)=C2C(=O)Nc3ccccc32)[nH]1. The van der Waals surface area contributed by atoms with Gasteiger partial charge in [-0.1, -0.05) is 29.8 Å². The third kappa shape index (κ3) is 3.43. The van der Waals surface area contributed by atoms with Crippen LogP contribution >= 0.6 is 11.6 Å². The minimum Gasteiger partial charge on any atom is -0.358 e. The monoisotopic (exact) mass is 409 g/mol. The van der Waals surface area contributed by atoms with Gasteiger partial charge in [-0.2, -0.15) is 0 Å². The second-order valence-corrected chi connectivity index (χ2v) is 7.25. The summed E-state index contributed by atoms with van der Waals surface area (Å²) in [7, 11) is 0. The largest absolute Gasteiger partial charge is 0.358 e. The van der Waals surface area contributed by atoms with E-state index in [2.05, 4.69) is 15.6 Å². The number of hydrogen-bond acceptors (Lipinski definition) is 2. The van der Waals surface area contributed by atoms with Crippen LogP contribution in [-0.4, -0.2) is 16.8 Å². The Bertz CT molecular complexity index is 1200. The minimum absolute atomic E-state index is 0.104. The molecule has 0 fully saturated rings. The summed E-state index contributed by atoms with van der Waals surface area (Å²) in [4.78, 5) is 29.3. The molecule has 0 radical (unpaired) electrons. The van der Waals surface area contributed by atoms with Crippen molar-refractivity contribution >= 4 is 45.9 Å². The zero-order chi connectivity index (χ0) is 20.7. The van der Waals surface area contributed by atoms with Crippen molar-refractivity contribution in [2.75, 3.05) is 10.6 Å². The molecule has 3 aromatic rings. The van der Waals surface area contributed by atoms with E-state index in [1.807, 2.05) is 26.0 Å². The molecule has 2 amide bonds. The van der Waals surface area contributed by atoms with E-state index in [4.69, 9.17) is 11.6 Å². The third-order valence-electron chi connectivity index (χ3n) is 4.73. The molecule has 7 heteroatoms. The molecule has 4 rings (SSSR count). The Morgan fingerprint density at radius 2 is 1.86 bits per heavy atom. The molecule has 2 aromatic carbocycles. The van der Waals surface area contributed by atoms with E-state index in [0.717, 1.165) is 11.3 Å². The predicted molar refractivity (Wildman–Crippen MR) is 112 cm³/mol. The second kappa shape index (κ2) is 7.22. The third-order valence-corrected chi connectivity index (χ3v) is 5.02. The van der Waals surface area contributed by atoms with Crippen molar-refractivity contribution in [3.05, 3.63) is 81.9 Å². The molecule has 5 nitrogen and oxygen atoms in total. The van der Waals surface area contributed by atoms with Gasteiger partial charge in [0.2, 0.25) is 0 Å². The standard InChI is InChI=1S/C22H17ClFN3O2/c1-11-9-12(2)25-20(11)19(18-14-5-3-4-6-17(14)27-21(18)28)22(29)26-13-7-8-16(24)15(23)10-13/h3-10,25H,1-2H3,(H,26,29)(H,27,28). The Kier molecular flexibility index (Phi) is 4.72. The Morgan fingerprint density at radius 1 is 1.10 bits per heavy atom. The van der Waals surface area contributed by atoms with Crippen molar-refractivity contribution in [1.82, 2.24) is 4.98 Å². The quantitative estimate of drug-likeness (QED) is 0.537. The van der Waals surface area contributed by atoms with Crippen LogP contribution in [0.25, 0.3) is 11.1 Å². The highest BCUT2D eigenvalue weighted by atomic mass is 35.5. The average Bonchev–Trinajstić information content (AvgIpc) is 3.17. The Hall–Kier alpha value is -3.38.